The van der Waals surface area contributed by atoms with Crippen molar-refractivity contribution in [3.05, 3.63) is 17.7 Å². The van der Waals surface area contributed by atoms with E-state index in [-0.39, 0.29) is 11.7 Å². The van der Waals surface area contributed by atoms with Crippen molar-refractivity contribution in [3.63, 3.8) is 0 Å². The first-order valence-electron chi connectivity index (χ1n) is 4.41. The summed E-state index contributed by atoms with van der Waals surface area (Å²) in [6, 6.07) is 0. The molecule has 0 atom stereocenters. The highest BCUT2D eigenvalue weighted by molar-refractivity contribution is 7.11. The van der Waals surface area contributed by atoms with Gasteiger partial charge in [-0.25, -0.2) is 0 Å². The molecule has 0 aliphatic heterocycles. The van der Waals surface area contributed by atoms with Crippen molar-refractivity contribution in [2.45, 2.75) is 6.92 Å². The SMILES string of the molecule is C=C(C)CNc1snc(N)c1C(=O)NC. The zero-order valence-electron chi connectivity index (χ0n) is 8.76. The number of hydrogen-bond donors (Lipinski definition) is 3. The van der Waals surface area contributed by atoms with Crippen LogP contribution < -0.4 is 16.4 Å². The molecule has 0 radical (unpaired) electrons. The molecule has 4 N–H and O–H groups in total. The van der Waals surface area contributed by atoms with Crippen LogP contribution in [0.15, 0.2) is 12.2 Å². The molecule has 0 bridgehead atoms. The predicted molar refractivity (Wildman–Crippen MR) is 63.2 cm³/mol. The van der Waals surface area contributed by atoms with Gasteiger partial charge < -0.3 is 16.4 Å². The Hall–Kier alpha value is -1.56. The number of anilines is 2. The fraction of sp³-hybridized carbons (Fsp3) is 0.333. The molecule has 0 aromatic carbocycles. The van der Waals surface area contributed by atoms with Gasteiger partial charge in [-0.2, -0.15) is 4.37 Å². The average Bonchev–Trinajstić information content (AvgIpc) is 2.55. The van der Waals surface area contributed by atoms with E-state index in [2.05, 4.69) is 21.6 Å². The minimum absolute atomic E-state index is 0.231. The summed E-state index contributed by atoms with van der Waals surface area (Å²) in [7, 11) is 1.56. The second-order valence-corrected chi connectivity index (χ2v) is 3.94. The highest BCUT2D eigenvalue weighted by atomic mass is 32.1. The minimum Gasteiger partial charge on any atom is -0.382 e. The number of rotatable bonds is 4. The van der Waals surface area contributed by atoms with Crippen molar-refractivity contribution in [1.82, 2.24) is 9.69 Å². The lowest BCUT2D eigenvalue weighted by molar-refractivity contribution is 0.0965. The normalized spacial score (nSPS) is 9.73. The van der Waals surface area contributed by atoms with Crippen LogP contribution in [0.2, 0.25) is 0 Å². The van der Waals surface area contributed by atoms with Crippen molar-refractivity contribution < 1.29 is 4.79 Å². The maximum atomic E-state index is 11.5. The molecule has 1 amide bonds. The summed E-state index contributed by atoms with van der Waals surface area (Å²) in [5.74, 6) is 0.0223. The van der Waals surface area contributed by atoms with E-state index in [1.807, 2.05) is 6.92 Å². The molecular weight excluding hydrogens is 212 g/mol. The Morgan fingerprint density at radius 3 is 2.87 bits per heavy atom. The number of nitrogens with zero attached hydrogens (tertiary/aromatic N) is 1. The van der Waals surface area contributed by atoms with Crippen molar-refractivity contribution in [3.8, 4) is 0 Å². The van der Waals surface area contributed by atoms with Crippen LogP contribution in [0.4, 0.5) is 10.8 Å². The molecule has 82 valence electrons. The summed E-state index contributed by atoms with van der Waals surface area (Å²) in [6.45, 7) is 6.26. The van der Waals surface area contributed by atoms with Gasteiger partial charge in [0.15, 0.2) is 5.82 Å². The number of amides is 1. The van der Waals surface area contributed by atoms with Gasteiger partial charge in [0.2, 0.25) is 0 Å². The third kappa shape index (κ3) is 2.69. The summed E-state index contributed by atoms with van der Waals surface area (Å²) >= 11 is 1.17. The Balaban J connectivity index is 2.88. The van der Waals surface area contributed by atoms with Crippen molar-refractivity contribution >= 4 is 28.3 Å². The summed E-state index contributed by atoms with van der Waals surface area (Å²) in [5, 5.41) is 6.26. The van der Waals surface area contributed by atoms with Gasteiger partial charge in [-0.05, 0) is 18.5 Å². The van der Waals surface area contributed by atoms with Gasteiger partial charge in [0.1, 0.15) is 10.6 Å². The molecule has 0 aliphatic rings. The summed E-state index contributed by atoms with van der Waals surface area (Å²) in [6.07, 6.45) is 0. The maximum Gasteiger partial charge on any atom is 0.257 e. The molecule has 0 saturated heterocycles. The molecule has 6 heteroatoms. The van der Waals surface area contributed by atoms with E-state index >= 15 is 0 Å². The van der Waals surface area contributed by atoms with Crippen LogP contribution in [0.25, 0.3) is 0 Å². The topological polar surface area (TPSA) is 80.0 Å². The maximum absolute atomic E-state index is 11.5. The molecule has 5 nitrogen and oxygen atoms in total. The Kier molecular flexibility index (Phi) is 3.68. The van der Waals surface area contributed by atoms with Crippen LogP contribution in [0.5, 0.6) is 0 Å². The van der Waals surface area contributed by atoms with E-state index < -0.39 is 0 Å². The summed E-state index contributed by atoms with van der Waals surface area (Å²) in [4.78, 5) is 11.5. The van der Waals surface area contributed by atoms with Crippen LogP contribution >= 0.6 is 11.5 Å². The summed E-state index contributed by atoms with van der Waals surface area (Å²) < 4.78 is 3.93. The number of aromatic nitrogens is 1. The molecule has 15 heavy (non-hydrogen) atoms. The standard InChI is InChI=1S/C9H14N4OS/c1-5(2)4-12-9-6(8(14)11-3)7(10)13-15-9/h12H,1,4H2,2-3H3,(H2,10,13)(H,11,14). The van der Waals surface area contributed by atoms with Crippen LogP contribution in [-0.4, -0.2) is 23.9 Å². The van der Waals surface area contributed by atoms with Crippen molar-refractivity contribution in [2.75, 3.05) is 24.6 Å². The van der Waals surface area contributed by atoms with E-state index in [1.165, 1.54) is 11.5 Å². The first kappa shape index (κ1) is 11.5. The number of nitrogens with one attached hydrogen (secondary N) is 2. The molecule has 0 unspecified atom stereocenters. The molecule has 1 rings (SSSR count). The largest absolute Gasteiger partial charge is 0.382 e. The van der Waals surface area contributed by atoms with Gasteiger partial charge in [0.05, 0.1) is 0 Å². The highest BCUT2D eigenvalue weighted by Crippen LogP contribution is 2.26. The fourth-order valence-corrected chi connectivity index (χ4v) is 1.70. The molecule has 0 spiro atoms. The molecular formula is C9H14N4OS. The third-order valence-electron chi connectivity index (χ3n) is 1.72. The van der Waals surface area contributed by atoms with Gasteiger partial charge >= 0.3 is 0 Å². The first-order chi connectivity index (χ1) is 7.06. The number of carbonyl (C=O) groups excluding carboxylic acids is 1. The number of nitrogens with two attached hydrogens (primary N) is 1. The Morgan fingerprint density at radius 2 is 2.33 bits per heavy atom. The Labute approximate surface area is 92.5 Å². The molecule has 1 aromatic rings. The Bertz CT molecular complexity index is 385. The third-order valence-corrected chi connectivity index (χ3v) is 2.54. The van der Waals surface area contributed by atoms with Crippen molar-refractivity contribution in [1.29, 1.82) is 0 Å². The fourth-order valence-electron chi connectivity index (χ4n) is 0.999. The first-order valence-corrected chi connectivity index (χ1v) is 5.19. The van der Waals surface area contributed by atoms with E-state index in [0.717, 1.165) is 5.57 Å². The van der Waals surface area contributed by atoms with Gasteiger partial charge in [0, 0.05) is 13.6 Å². The smallest absolute Gasteiger partial charge is 0.257 e. The number of carbonyl (C=O) groups is 1. The Morgan fingerprint density at radius 1 is 1.67 bits per heavy atom. The van der Waals surface area contributed by atoms with Crippen molar-refractivity contribution in [2.24, 2.45) is 0 Å². The average molecular weight is 226 g/mol. The zero-order chi connectivity index (χ0) is 11.4. The van der Waals surface area contributed by atoms with E-state index in [9.17, 15) is 4.79 Å². The second-order valence-electron chi connectivity index (χ2n) is 3.16. The van der Waals surface area contributed by atoms with Crippen LogP contribution in [0, 0.1) is 0 Å². The predicted octanol–water partition coefficient (Wildman–Crippen LogP) is 1.07. The van der Waals surface area contributed by atoms with E-state index in [1.54, 1.807) is 7.05 Å². The number of nitrogen functional groups attached to an aromatic ring is 1. The summed E-state index contributed by atoms with van der Waals surface area (Å²) in [5.41, 5.74) is 6.98. The minimum atomic E-state index is -0.231. The highest BCUT2D eigenvalue weighted by Gasteiger charge is 2.17. The van der Waals surface area contributed by atoms with E-state index in [0.29, 0.717) is 17.1 Å². The van der Waals surface area contributed by atoms with Gasteiger partial charge in [-0.1, -0.05) is 12.2 Å². The van der Waals surface area contributed by atoms with Gasteiger partial charge in [-0.15, -0.1) is 0 Å². The lowest BCUT2D eigenvalue weighted by Crippen LogP contribution is -2.20. The second kappa shape index (κ2) is 4.79. The van der Waals surface area contributed by atoms with Crippen LogP contribution in [0.3, 0.4) is 0 Å². The lowest BCUT2D eigenvalue weighted by Gasteiger charge is -2.05. The molecule has 0 saturated carbocycles. The lowest BCUT2D eigenvalue weighted by atomic mass is 10.3. The van der Waals surface area contributed by atoms with Crippen LogP contribution in [0.1, 0.15) is 17.3 Å². The van der Waals surface area contributed by atoms with Crippen LogP contribution in [-0.2, 0) is 0 Å². The molecule has 1 aromatic heterocycles. The molecule has 1 heterocycles. The monoisotopic (exact) mass is 226 g/mol. The van der Waals surface area contributed by atoms with E-state index in [4.69, 9.17) is 5.73 Å². The van der Waals surface area contributed by atoms with Gasteiger partial charge in [0.25, 0.3) is 5.91 Å². The number of hydrogen-bond acceptors (Lipinski definition) is 5. The molecule has 0 fully saturated rings. The zero-order valence-corrected chi connectivity index (χ0v) is 9.57. The quantitative estimate of drug-likeness (QED) is 0.671. The molecule has 0 aliphatic carbocycles. The van der Waals surface area contributed by atoms with Gasteiger partial charge in [-0.3, -0.25) is 4.79 Å².